The highest BCUT2D eigenvalue weighted by Crippen LogP contribution is 2.25. The number of carboxylic acids is 1. The number of aromatic amines is 1. The number of hydrogen-bond acceptors (Lipinski definition) is 3. The van der Waals surface area contributed by atoms with Crippen LogP contribution in [0.1, 0.15) is 22.8 Å². The summed E-state index contributed by atoms with van der Waals surface area (Å²) in [5.41, 5.74) is 3.23. The maximum absolute atomic E-state index is 11.9. The molecule has 0 bridgehead atoms. The van der Waals surface area contributed by atoms with Crippen LogP contribution in [0.2, 0.25) is 0 Å². The van der Waals surface area contributed by atoms with Gasteiger partial charge in [-0.2, -0.15) is 0 Å². The molecule has 2 heterocycles. The van der Waals surface area contributed by atoms with E-state index in [1.807, 2.05) is 36.7 Å². The summed E-state index contributed by atoms with van der Waals surface area (Å²) in [6, 6.07) is 7.16. The first kappa shape index (κ1) is 16.8. The van der Waals surface area contributed by atoms with Gasteiger partial charge in [-0.05, 0) is 30.2 Å². The summed E-state index contributed by atoms with van der Waals surface area (Å²) in [7, 11) is 1.91. The van der Waals surface area contributed by atoms with Crippen molar-refractivity contribution in [2.45, 2.75) is 13.3 Å². The maximum atomic E-state index is 11.9. The molecule has 0 aliphatic heterocycles. The zero-order valence-corrected chi connectivity index (χ0v) is 13.5. The predicted octanol–water partition coefficient (Wildman–Crippen LogP) is 2.61. The molecule has 7 heteroatoms. The number of imidazole rings is 1. The number of nitrogens with one attached hydrogen (secondary N) is 1. The molecule has 0 radical (unpaired) electrons. The van der Waals surface area contributed by atoms with Crippen molar-refractivity contribution in [3.05, 3.63) is 52.1 Å². The van der Waals surface area contributed by atoms with E-state index in [0.29, 0.717) is 12.1 Å². The van der Waals surface area contributed by atoms with Crippen molar-refractivity contribution in [1.82, 2.24) is 14.5 Å². The largest absolute Gasteiger partial charge is 0.477 e. The van der Waals surface area contributed by atoms with E-state index >= 15 is 0 Å². The van der Waals surface area contributed by atoms with Gasteiger partial charge in [-0.25, -0.2) is 9.78 Å². The normalized spacial score (nSPS) is 10.5. The number of carbonyl (C=O) groups is 1. The van der Waals surface area contributed by atoms with E-state index in [-0.39, 0.29) is 18.0 Å². The predicted molar refractivity (Wildman–Crippen MR) is 90.4 cm³/mol. The van der Waals surface area contributed by atoms with E-state index in [1.54, 1.807) is 6.33 Å². The highest BCUT2D eigenvalue weighted by Gasteiger charge is 2.14. The first-order chi connectivity index (χ1) is 10.5. The molecule has 0 aliphatic carbocycles. The second-order valence-corrected chi connectivity index (χ2v) is 5.13. The topological polar surface area (TPSA) is 88.0 Å². The van der Waals surface area contributed by atoms with Crippen LogP contribution in [-0.4, -0.2) is 25.6 Å². The summed E-state index contributed by atoms with van der Waals surface area (Å²) < 4.78 is 1.91. The Balaban J connectivity index is 0.00000192. The van der Waals surface area contributed by atoms with Gasteiger partial charge >= 0.3 is 5.97 Å². The number of carboxylic acid groups (broad SMARTS) is 1. The molecule has 0 fully saturated rings. The Morgan fingerprint density at radius 3 is 2.74 bits per heavy atom. The molecular formula is C16H16ClN3O3. The molecule has 3 rings (SSSR count). The molecule has 0 unspecified atom stereocenters. The molecule has 0 spiro atoms. The number of hydrogen-bond donors (Lipinski definition) is 2. The lowest BCUT2D eigenvalue weighted by Gasteiger charge is -2.09. The number of aryl methyl sites for hydroxylation is 2. The number of fused-ring (bicyclic) bond motifs is 1. The summed E-state index contributed by atoms with van der Waals surface area (Å²) in [5.74, 6) is -1.22. The fourth-order valence-corrected chi connectivity index (χ4v) is 2.56. The van der Waals surface area contributed by atoms with Crippen molar-refractivity contribution in [3.8, 4) is 11.3 Å². The minimum atomic E-state index is -1.22. The van der Waals surface area contributed by atoms with Gasteiger partial charge < -0.3 is 14.7 Å². The number of nitrogens with zero attached hydrogens (tertiary/aromatic N) is 2. The fraction of sp³-hybridized carbons (Fsp3) is 0.188. The summed E-state index contributed by atoms with van der Waals surface area (Å²) in [4.78, 5) is 30.0. The highest BCUT2D eigenvalue weighted by atomic mass is 35.5. The van der Waals surface area contributed by atoms with Crippen LogP contribution >= 0.6 is 12.4 Å². The van der Waals surface area contributed by atoms with Crippen LogP contribution in [0.3, 0.4) is 0 Å². The maximum Gasteiger partial charge on any atom is 0.341 e. The number of pyridine rings is 1. The molecule has 1 aromatic carbocycles. The summed E-state index contributed by atoms with van der Waals surface area (Å²) >= 11 is 0. The molecule has 120 valence electrons. The van der Waals surface area contributed by atoms with Crippen molar-refractivity contribution in [2.75, 3.05) is 0 Å². The van der Waals surface area contributed by atoms with Crippen LogP contribution in [0.25, 0.3) is 22.3 Å². The number of rotatable bonds is 3. The van der Waals surface area contributed by atoms with Crippen molar-refractivity contribution < 1.29 is 9.90 Å². The molecule has 0 aliphatic rings. The standard InChI is InChI=1S/C16H15N3O3.ClH/c1-3-9-6-11(16(21)22)15(20)18-14(9)10-4-5-13-12(7-10)17-8-19(13)2;/h4-8H,3H2,1-2H3,(H,18,20)(H,21,22);1H. The van der Waals surface area contributed by atoms with Crippen molar-refractivity contribution >= 4 is 29.4 Å². The summed E-state index contributed by atoms with van der Waals surface area (Å²) in [6.45, 7) is 1.92. The second kappa shape index (κ2) is 6.26. The Hall–Kier alpha value is -2.60. The number of halogens is 1. The van der Waals surface area contributed by atoms with Crippen LogP contribution in [-0.2, 0) is 13.5 Å². The fourth-order valence-electron chi connectivity index (χ4n) is 2.56. The summed E-state index contributed by atoms with van der Waals surface area (Å²) in [5, 5.41) is 9.06. The van der Waals surface area contributed by atoms with Gasteiger partial charge in [0.25, 0.3) is 5.56 Å². The smallest absolute Gasteiger partial charge is 0.341 e. The third kappa shape index (κ3) is 2.85. The minimum absolute atomic E-state index is 0. The Morgan fingerprint density at radius 2 is 2.09 bits per heavy atom. The minimum Gasteiger partial charge on any atom is -0.477 e. The van der Waals surface area contributed by atoms with Crippen LogP contribution in [0.5, 0.6) is 0 Å². The van der Waals surface area contributed by atoms with E-state index in [9.17, 15) is 9.59 Å². The number of H-pyrrole nitrogens is 1. The van der Waals surface area contributed by atoms with Gasteiger partial charge in [0.05, 0.1) is 23.1 Å². The zero-order valence-electron chi connectivity index (χ0n) is 12.7. The van der Waals surface area contributed by atoms with E-state index in [0.717, 1.165) is 22.2 Å². The molecular weight excluding hydrogens is 318 g/mol. The second-order valence-electron chi connectivity index (χ2n) is 5.13. The first-order valence-electron chi connectivity index (χ1n) is 6.92. The lowest BCUT2D eigenvalue weighted by atomic mass is 10.0. The number of aromatic nitrogens is 3. The molecule has 6 nitrogen and oxygen atoms in total. The monoisotopic (exact) mass is 333 g/mol. The third-order valence-corrected chi connectivity index (χ3v) is 3.75. The lowest BCUT2D eigenvalue weighted by molar-refractivity contribution is 0.0695. The van der Waals surface area contributed by atoms with Crippen molar-refractivity contribution in [2.24, 2.45) is 7.05 Å². The van der Waals surface area contributed by atoms with E-state index in [2.05, 4.69) is 9.97 Å². The van der Waals surface area contributed by atoms with Crippen molar-refractivity contribution in [1.29, 1.82) is 0 Å². The average Bonchev–Trinajstić information content (AvgIpc) is 2.87. The van der Waals surface area contributed by atoms with Gasteiger partial charge in [-0.1, -0.05) is 13.0 Å². The summed E-state index contributed by atoms with van der Waals surface area (Å²) in [6.07, 6.45) is 2.35. The Kier molecular flexibility index (Phi) is 4.56. The average molecular weight is 334 g/mol. The van der Waals surface area contributed by atoms with E-state index in [4.69, 9.17) is 5.11 Å². The number of aromatic carboxylic acids is 1. The third-order valence-electron chi connectivity index (χ3n) is 3.75. The van der Waals surface area contributed by atoms with Gasteiger partial charge in [0.1, 0.15) is 5.56 Å². The lowest BCUT2D eigenvalue weighted by Crippen LogP contribution is -2.19. The van der Waals surface area contributed by atoms with Gasteiger partial charge in [0.2, 0.25) is 0 Å². The van der Waals surface area contributed by atoms with Gasteiger partial charge in [-0.15, -0.1) is 12.4 Å². The Morgan fingerprint density at radius 1 is 1.35 bits per heavy atom. The zero-order chi connectivity index (χ0) is 15.9. The van der Waals surface area contributed by atoms with Gasteiger partial charge in [0, 0.05) is 12.6 Å². The Labute approximate surface area is 138 Å². The molecule has 2 aromatic heterocycles. The molecule has 0 atom stereocenters. The van der Waals surface area contributed by atoms with Crippen molar-refractivity contribution in [3.63, 3.8) is 0 Å². The van der Waals surface area contributed by atoms with Gasteiger partial charge in [0.15, 0.2) is 0 Å². The SMILES string of the molecule is CCc1cc(C(=O)O)c(=O)[nH]c1-c1ccc2c(c1)ncn2C.Cl. The van der Waals surface area contributed by atoms with E-state index in [1.165, 1.54) is 6.07 Å². The quantitative estimate of drug-likeness (QED) is 0.771. The van der Waals surface area contributed by atoms with Gasteiger partial charge in [-0.3, -0.25) is 4.79 Å². The van der Waals surface area contributed by atoms with Crippen LogP contribution < -0.4 is 5.56 Å². The Bertz CT molecular complexity index is 943. The molecule has 0 saturated heterocycles. The number of benzene rings is 1. The molecule has 23 heavy (non-hydrogen) atoms. The van der Waals surface area contributed by atoms with Crippen LogP contribution in [0.4, 0.5) is 0 Å². The molecule has 0 amide bonds. The van der Waals surface area contributed by atoms with E-state index < -0.39 is 11.5 Å². The van der Waals surface area contributed by atoms with Crippen LogP contribution in [0.15, 0.2) is 35.4 Å². The molecule has 3 aromatic rings. The molecule has 2 N–H and O–H groups in total. The highest BCUT2D eigenvalue weighted by molar-refractivity contribution is 5.88. The molecule has 0 saturated carbocycles. The van der Waals surface area contributed by atoms with Crippen LogP contribution in [0, 0.1) is 0 Å². The first-order valence-corrected chi connectivity index (χ1v) is 6.92.